The first kappa shape index (κ1) is 26.3. The van der Waals surface area contributed by atoms with Gasteiger partial charge in [-0.15, -0.1) is 11.6 Å². The van der Waals surface area contributed by atoms with E-state index in [1.54, 1.807) is 0 Å². The average Bonchev–Trinajstić information content (AvgIpc) is 2.82. The molecule has 1 fully saturated rings. The van der Waals surface area contributed by atoms with Crippen LogP contribution in [0.4, 0.5) is 10.2 Å². The molecule has 1 aliphatic heterocycles. The number of aliphatic hydroxyl groups excluding tert-OH is 1. The molecule has 31 heavy (non-hydrogen) atoms. The summed E-state index contributed by atoms with van der Waals surface area (Å²) in [5.74, 6) is -0.763. The summed E-state index contributed by atoms with van der Waals surface area (Å²) >= 11 is 5.72. The lowest BCUT2D eigenvalue weighted by Gasteiger charge is -2.26. The first-order chi connectivity index (χ1) is 14.0. The Morgan fingerprint density at radius 1 is 1.32 bits per heavy atom. The Bertz CT molecular complexity index is 1060. The fourth-order valence-electron chi connectivity index (χ4n) is 2.45. The smallest absolute Gasteiger partial charge is 0.386 e. The van der Waals surface area contributed by atoms with Crippen LogP contribution >= 0.6 is 34.8 Å². The minimum Gasteiger partial charge on any atom is -0.386 e. The zero-order chi connectivity index (χ0) is 23.8. The van der Waals surface area contributed by atoms with Crippen LogP contribution in [-0.2, 0) is 27.1 Å². The van der Waals surface area contributed by atoms with Gasteiger partial charge >= 0.3 is 28.9 Å². The SMILES string of the molecule is Nc1ccn(C2OC(C=CP(=O)(O)OP(=O)(O)OP(=O)(O)O)(CCl)C(O)C2F)c(=O)n1. The van der Waals surface area contributed by atoms with Crippen molar-refractivity contribution in [3.05, 3.63) is 34.6 Å². The largest absolute Gasteiger partial charge is 0.488 e. The molecular formula is C11H16ClFN3O12P3. The van der Waals surface area contributed by atoms with Gasteiger partial charge in [0.2, 0.25) is 0 Å². The number of alkyl halides is 2. The van der Waals surface area contributed by atoms with E-state index >= 15 is 0 Å². The maximum absolute atomic E-state index is 14.7. The van der Waals surface area contributed by atoms with E-state index < -0.39 is 58.9 Å². The molecule has 0 amide bonds. The van der Waals surface area contributed by atoms with Gasteiger partial charge in [-0.1, -0.05) is 0 Å². The minimum absolute atomic E-state index is 0.156. The summed E-state index contributed by atoms with van der Waals surface area (Å²) in [6.07, 6.45) is -4.65. The van der Waals surface area contributed by atoms with Crippen molar-refractivity contribution in [1.29, 1.82) is 0 Å². The molecule has 15 nitrogen and oxygen atoms in total. The number of anilines is 1. The second-order valence-electron chi connectivity index (χ2n) is 6.03. The molecule has 0 bridgehead atoms. The van der Waals surface area contributed by atoms with Crippen LogP contribution in [0.15, 0.2) is 29.0 Å². The van der Waals surface area contributed by atoms with E-state index in [-0.39, 0.29) is 11.6 Å². The van der Waals surface area contributed by atoms with Crippen molar-refractivity contribution in [3.8, 4) is 0 Å². The molecule has 2 heterocycles. The number of hydrogen-bond donors (Lipinski definition) is 6. The number of nitrogens with zero attached hydrogens (tertiary/aromatic N) is 2. The molecule has 20 heteroatoms. The molecule has 2 rings (SSSR count). The lowest BCUT2D eigenvalue weighted by Crippen LogP contribution is -2.42. The van der Waals surface area contributed by atoms with Crippen molar-refractivity contribution >= 4 is 40.7 Å². The number of hydrogen-bond acceptors (Lipinski definition) is 10. The van der Waals surface area contributed by atoms with Gasteiger partial charge in [0, 0.05) is 12.0 Å². The van der Waals surface area contributed by atoms with Crippen molar-refractivity contribution in [2.45, 2.75) is 24.1 Å². The highest BCUT2D eigenvalue weighted by molar-refractivity contribution is 7.69. The van der Waals surface area contributed by atoms with Crippen LogP contribution in [0.2, 0.25) is 0 Å². The lowest BCUT2D eigenvalue weighted by molar-refractivity contribution is -0.0608. The first-order valence-corrected chi connectivity index (χ1v) is 13.0. The van der Waals surface area contributed by atoms with Crippen LogP contribution in [0, 0.1) is 0 Å². The number of halogens is 2. The third kappa shape index (κ3) is 6.51. The van der Waals surface area contributed by atoms with E-state index in [1.807, 2.05) is 0 Å². The van der Waals surface area contributed by atoms with Crippen molar-refractivity contribution in [3.63, 3.8) is 0 Å². The molecule has 0 radical (unpaired) electrons. The van der Waals surface area contributed by atoms with E-state index in [2.05, 4.69) is 13.6 Å². The van der Waals surface area contributed by atoms with Crippen LogP contribution in [0.1, 0.15) is 6.23 Å². The topological polar surface area (TPSA) is 241 Å². The van der Waals surface area contributed by atoms with E-state index in [0.29, 0.717) is 10.6 Å². The Kier molecular flexibility index (Phi) is 7.71. The quantitative estimate of drug-likeness (QED) is 0.191. The highest BCUT2D eigenvalue weighted by Gasteiger charge is 2.55. The number of nitrogens with two attached hydrogens (primary N) is 1. The highest BCUT2D eigenvalue weighted by atomic mass is 35.5. The summed E-state index contributed by atoms with van der Waals surface area (Å²) in [6, 6.07) is 1.13. The number of aliphatic hydroxyl groups is 1. The number of phosphoric acid groups is 2. The van der Waals surface area contributed by atoms with E-state index in [9.17, 15) is 32.9 Å². The molecule has 1 aromatic rings. The zero-order valence-corrected chi connectivity index (χ0v) is 18.4. The van der Waals surface area contributed by atoms with Gasteiger partial charge in [-0.05, 0) is 12.1 Å². The van der Waals surface area contributed by atoms with Gasteiger partial charge in [0.1, 0.15) is 17.5 Å². The van der Waals surface area contributed by atoms with Gasteiger partial charge in [0.25, 0.3) is 0 Å². The molecule has 0 spiro atoms. The number of rotatable bonds is 8. The third-order valence-corrected chi connectivity index (χ3v) is 8.11. The fourth-order valence-corrected chi connectivity index (χ4v) is 6.07. The van der Waals surface area contributed by atoms with Crippen molar-refractivity contribution in [1.82, 2.24) is 9.55 Å². The maximum Gasteiger partial charge on any atom is 0.488 e. The Morgan fingerprint density at radius 3 is 2.45 bits per heavy atom. The monoisotopic (exact) mass is 529 g/mol. The molecule has 0 aliphatic carbocycles. The normalized spacial score (nSPS) is 30.9. The van der Waals surface area contributed by atoms with Gasteiger partial charge in [-0.2, -0.15) is 9.29 Å². The van der Waals surface area contributed by atoms with E-state index in [4.69, 9.17) is 36.8 Å². The molecule has 1 saturated heterocycles. The van der Waals surface area contributed by atoms with Crippen LogP contribution in [-0.4, -0.2) is 58.0 Å². The molecule has 176 valence electrons. The molecule has 1 aliphatic rings. The molecule has 6 atom stereocenters. The van der Waals surface area contributed by atoms with Gasteiger partial charge < -0.3 is 35.2 Å². The summed E-state index contributed by atoms with van der Waals surface area (Å²) in [7, 11) is -16.6. The van der Waals surface area contributed by atoms with Crippen molar-refractivity contribution in [2.75, 3.05) is 11.6 Å². The summed E-state index contributed by atoms with van der Waals surface area (Å²) in [6.45, 7) is 0. The minimum atomic E-state index is -5.73. The second kappa shape index (κ2) is 9.10. The average molecular weight is 530 g/mol. The van der Waals surface area contributed by atoms with E-state index in [0.717, 1.165) is 12.3 Å². The molecule has 1 aromatic heterocycles. The highest BCUT2D eigenvalue weighted by Crippen LogP contribution is 2.66. The predicted octanol–water partition coefficient (Wildman–Crippen LogP) is -0.0437. The Hall–Kier alpha value is -0.990. The first-order valence-electron chi connectivity index (χ1n) is 7.75. The Labute approximate surface area is 177 Å². The maximum atomic E-state index is 14.7. The number of nitrogen functional groups attached to an aromatic ring is 1. The zero-order valence-electron chi connectivity index (χ0n) is 14.9. The predicted molar refractivity (Wildman–Crippen MR) is 100 cm³/mol. The Balaban J connectivity index is 2.31. The van der Waals surface area contributed by atoms with Crippen molar-refractivity contribution in [2.24, 2.45) is 0 Å². The second-order valence-corrected chi connectivity index (χ2v) is 10.9. The fraction of sp³-hybridized carbons (Fsp3) is 0.455. The standard InChI is InChI=1S/C11H16ClFN3O12P3/c12-5-11(2-4-29(19,20)27-31(24,25)28-30(21,22)23)8(17)7(13)9(26-11)16-3-1-6(14)15-10(16)18/h1-4,7-9,17H,5H2,(H,19,20)(H,24,25)(H2,14,15,18)(H2,21,22,23). The third-order valence-electron chi connectivity index (χ3n) is 3.72. The van der Waals surface area contributed by atoms with Crippen molar-refractivity contribution < 1.29 is 56.1 Å². The summed E-state index contributed by atoms with van der Waals surface area (Å²) in [5.41, 5.74) is 2.06. The summed E-state index contributed by atoms with van der Waals surface area (Å²) in [5, 5.41) is 10.2. The van der Waals surface area contributed by atoms with E-state index in [1.165, 1.54) is 0 Å². The van der Waals surface area contributed by atoms with Gasteiger partial charge in [-0.25, -0.2) is 22.6 Å². The summed E-state index contributed by atoms with van der Waals surface area (Å²) < 4.78 is 61.9. The van der Waals surface area contributed by atoms with Crippen LogP contribution in [0.5, 0.6) is 0 Å². The Morgan fingerprint density at radius 2 is 1.94 bits per heavy atom. The van der Waals surface area contributed by atoms with Gasteiger partial charge in [0.05, 0.1) is 5.88 Å². The molecular weight excluding hydrogens is 514 g/mol. The number of aromatic nitrogens is 2. The molecule has 0 aromatic carbocycles. The van der Waals surface area contributed by atoms with Crippen LogP contribution in [0.25, 0.3) is 0 Å². The molecule has 0 saturated carbocycles. The lowest BCUT2D eigenvalue weighted by atomic mass is 9.98. The van der Waals surface area contributed by atoms with Crippen LogP contribution in [0.3, 0.4) is 0 Å². The van der Waals surface area contributed by atoms with Crippen LogP contribution < -0.4 is 11.4 Å². The summed E-state index contributed by atoms with van der Waals surface area (Å²) in [4.78, 5) is 51.1. The number of ether oxygens (including phenoxy) is 1. The van der Waals surface area contributed by atoms with Gasteiger partial charge in [0.15, 0.2) is 12.4 Å². The molecule has 7 N–H and O–H groups in total. The van der Waals surface area contributed by atoms with Gasteiger partial charge in [-0.3, -0.25) is 9.13 Å². The molecule has 6 unspecified atom stereocenters.